The van der Waals surface area contributed by atoms with E-state index in [-0.39, 0.29) is 17.6 Å². The van der Waals surface area contributed by atoms with E-state index in [4.69, 9.17) is 21.9 Å². The highest BCUT2D eigenvalue weighted by molar-refractivity contribution is 8.26. The number of rotatable bonds is 10. The third kappa shape index (κ3) is 6.03. The fraction of sp³-hybridized carbons (Fsp3) is 0.333. The number of aromatic nitrogens is 2. The zero-order valence-electron chi connectivity index (χ0n) is 20.7. The van der Waals surface area contributed by atoms with Gasteiger partial charge in [0, 0.05) is 25.9 Å². The minimum atomic E-state index is -0.237. The third-order valence-corrected chi connectivity index (χ3v) is 7.14. The Balaban J connectivity index is 1.61. The highest BCUT2D eigenvalue weighted by Crippen LogP contribution is 2.33. The molecule has 36 heavy (non-hydrogen) atoms. The minimum Gasteiger partial charge on any atom is -0.379 e. The molecule has 0 spiro atoms. The summed E-state index contributed by atoms with van der Waals surface area (Å²) in [5, 5.41) is 3.29. The van der Waals surface area contributed by atoms with E-state index in [2.05, 4.69) is 5.32 Å². The number of nitrogens with zero attached hydrogens (tertiary/aromatic N) is 3. The van der Waals surface area contributed by atoms with Gasteiger partial charge in [0.2, 0.25) is 0 Å². The molecule has 7 nitrogen and oxygen atoms in total. The molecule has 1 N–H and O–H groups in total. The second-order valence-corrected chi connectivity index (χ2v) is 10.5. The first-order valence-electron chi connectivity index (χ1n) is 12.0. The number of fused-ring (bicyclic) bond motifs is 1. The quantitative estimate of drug-likeness (QED) is 0.236. The fourth-order valence-corrected chi connectivity index (χ4v) is 5.17. The van der Waals surface area contributed by atoms with Crippen LogP contribution in [0.25, 0.3) is 11.7 Å². The lowest BCUT2D eigenvalue weighted by molar-refractivity contribution is -0.122. The van der Waals surface area contributed by atoms with Crippen LogP contribution in [-0.2, 0) is 16.0 Å². The maximum absolute atomic E-state index is 13.5. The molecular formula is C27H30N4O3S2. The molecule has 3 aromatic rings. The van der Waals surface area contributed by atoms with Gasteiger partial charge in [-0.25, -0.2) is 4.98 Å². The number of hydrogen-bond donors (Lipinski definition) is 1. The number of aryl methyl sites for hydroxylation is 1. The van der Waals surface area contributed by atoms with Gasteiger partial charge in [-0.1, -0.05) is 60.4 Å². The molecule has 1 saturated heterocycles. The van der Waals surface area contributed by atoms with Gasteiger partial charge in [-0.2, -0.15) is 0 Å². The van der Waals surface area contributed by atoms with Crippen LogP contribution in [0.4, 0.5) is 5.82 Å². The van der Waals surface area contributed by atoms with Gasteiger partial charge in [0.25, 0.3) is 11.5 Å². The van der Waals surface area contributed by atoms with Gasteiger partial charge in [0.1, 0.15) is 15.8 Å². The summed E-state index contributed by atoms with van der Waals surface area (Å²) in [6.45, 7) is 7.58. The van der Waals surface area contributed by atoms with E-state index in [1.165, 1.54) is 16.2 Å². The molecule has 188 valence electrons. The fourth-order valence-electron chi connectivity index (χ4n) is 3.88. The minimum absolute atomic E-state index is 0.162. The van der Waals surface area contributed by atoms with Crippen molar-refractivity contribution in [3.63, 3.8) is 0 Å². The number of thiocarbonyl (C=S) groups is 1. The first-order valence-corrected chi connectivity index (χ1v) is 13.2. The Morgan fingerprint density at radius 1 is 1.17 bits per heavy atom. The molecule has 0 aliphatic carbocycles. The smallest absolute Gasteiger partial charge is 0.267 e. The number of carbonyl (C=O) groups is 1. The summed E-state index contributed by atoms with van der Waals surface area (Å²) in [7, 11) is 0. The molecule has 1 aliphatic heterocycles. The lowest BCUT2D eigenvalue weighted by atomic mass is 10.1. The number of pyridine rings is 1. The highest BCUT2D eigenvalue weighted by Gasteiger charge is 2.32. The van der Waals surface area contributed by atoms with Crippen molar-refractivity contribution in [1.82, 2.24) is 14.3 Å². The Hall–Kier alpha value is -3.01. The molecule has 0 bridgehead atoms. The lowest BCUT2D eigenvalue weighted by Gasteiger charge is -2.14. The second-order valence-electron chi connectivity index (χ2n) is 8.83. The van der Waals surface area contributed by atoms with Crippen LogP contribution in [0.5, 0.6) is 0 Å². The van der Waals surface area contributed by atoms with Gasteiger partial charge in [0.15, 0.2) is 0 Å². The number of ether oxygens (including phenoxy) is 1. The Morgan fingerprint density at radius 2 is 1.94 bits per heavy atom. The van der Waals surface area contributed by atoms with Crippen molar-refractivity contribution in [2.24, 2.45) is 0 Å². The van der Waals surface area contributed by atoms with Gasteiger partial charge in [0.05, 0.1) is 16.6 Å². The molecule has 1 fully saturated rings. The maximum atomic E-state index is 13.5. The Kier molecular flexibility index (Phi) is 8.56. The molecule has 1 amide bonds. The molecule has 9 heteroatoms. The zero-order valence-corrected chi connectivity index (χ0v) is 22.3. The van der Waals surface area contributed by atoms with Crippen LogP contribution in [0.1, 0.15) is 37.0 Å². The van der Waals surface area contributed by atoms with Crippen LogP contribution in [0.2, 0.25) is 0 Å². The summed E-state index contributed by atoms with van der Waals surface area (Å²) in [6, 6.07) is 13.7. The molecule has 1 aliphatic rings. The Labute approximate surface area is 220 Å². The number of anilines is 1. The monoisotopic (exact) mass is 522 g/mol. The molecular weight excluding hydrogens is 492 g/mol. The van der Waals surface area contributed by atoms with Crippen LogP contribution in [0.3, 0.4) is 0 Å². The topological polar surface area (TPSA) is 75.9 Å². The Bertz CT molecular complexity index is 1350. The number of benzene rings is 1. The van der Waals surface area contributed by atoms with E-state index >= 15 is 0 Å². The van der Waals surface area contributed by atoms with Crippen LogP contribution in [0.15, 0.2) is 58.4 Å². The van der Waals surface area contributed by atoms with Crippen LogP contribution < -0.4 is 10.9 Å². The van der Waals surface area contributed by atoms with Gasteiger partial charge in [-0.15, -0.1) is 0 Å². The summed E-state index contributed by atoms with van der Waals surface area (Å²) < 4.78 is 7.63. The SMILES string of the molecule is Cc1cccn2c(=O)c(C=C3SC(=S)N(CCc4ccccc4)C3=O)c(NCCCOC(C)C)nc12. The van der Waals surface area contributed by atoms with Crippen LogP contribution in [0, 0.1) is 6.92 Å². The van der Waals surface area contributed by atoms with Crippen molar-refractivity contribution in [2.45, 2.75) is 39.7 Å². The summed E-state index contributed by atoms with van der Waals surface area (Å²) in [5.41, 5.74) is 2.71. The van der Waals surface area contributed by atoms with E-state index < -0.39 is 0 Å². The Morgan fingerprint density at radius 3 is 2.69 bits per heavy atom. The normalized spacial score (nSPS) is 15.0. The van der Waals surface area contributed by atoms with E-state index in [1.807, 2.05) is 63.2 Å². The molecule has 1 aromatic carbocycles. The second kappa shape index (κ2) is 11.8. The van der Waals surface area contributed by atoms with Crippen LogP contribution in [-0.4, -0.2) is 50.3 Å². The standard InChI is InChI=1S/C27H30N4O3S2/c1-18(2)34-16-8-13-28-23-21(25(32)30-14-7-9-19(3)24(30)29-23)17-22-26(33)31(27(35)36-22)15-12-20-10-5-4-6-11-20/h4-7,9-11,14,17-18,28H,8,12-13,15-16H2,1-3H3. The van der Waals surface area contributed by atoms with E-state index in [0.29, 0.717) is 52.4 Å². The van der Waals surface area contributed by atoms with E-state index in [9.17, 15) is 9.59 Å². The summed E-state index contributed by atoms with van der Waals surface area (Å²) in [6.07, 6.45) is 4.94. The van der Waals surface area contributed by atoms with Gasteiger partial charge in [-0.3, -0.25) is 18.9 Å². The molecule has 0 saturated carbocycles. The summed E-state index contributed by atoms with van der Waals surface area (Å²) in [4.78, 5) is 33.5. The average molecular weight is 523 g/mol. The molecule has 0 radical (unpaired) electrons. The largest absolute Gasteiger partial charge is 0.379 e. The number of amides is 1. The lowest BCUT2D eigenvalue weighted by Crippen LogP contribution is -2.30. The number of nitrogens with one attached hydrogen (secondary N) is 1. The molecule has 3 heterocycles. The molecule has 4 rings (SSSR count). The van der Waals surface area contributed by atoms with Crippen LogP contribution >= 0.6 is 24.0 Å². The predicted molar refractivity (Wildman–Crippen MR) is 150 cm³/mol. The first-order chi connectivity index (χ1) is 17.3. The van der Waals surface area contributed by atoms with Gasteiger partial charge >= 0.3 is 0 Å². The van der Waals surface area contributed by atoms with Crippen molar-refractivity contribution in [3.8, 4) is 0 Å². The highest BCUT2D eigenvalue weighted by atomic mass is 32.2. The van der Waals surface area contributed by atoms with Gasteiger partial charge < -0.3 is 10.1 Å². The van der Waals surface area contributed by atoms with E-state index in [0.717, 1.165) is 17.5 Å². The predicted octanol–water partition coefficient (Wildman–Crippen LogP) is 4.67. The number of thioether (sulfide) groups is 1. The maximum Gasteiger partial charge on any atom is 0.267 e. The summed E-state index contributed by atoms with van der Waals surface area (Å²) >= 11 is 6.72. The average Bonchev–Trinajstić information content (AvgIpc) is 3.12. The zero-order chi connectivity index (χ0) is 25.7. The van der Waals surface area contributed by atoms with Crippen molar-refractivity contribution < 1.29 is 9.53 Å². The van der Waals surface area contributed by atoms with Crippen molar-refractivity contribution in [1.29, 1.82) is 0 Å². The summed E-state index contributed by atoms with van der Waals surface area (Å²) in [5.74, 6) is 0.263. The number of hydrogen-bond acceptors (Lipinski definition) is 7. The third-order valence-electron chi connectivity index (χ3n) is 5.76. The molecule has 2 aromatic heterocycles. The molecule has 0 unspecified atom stereocenters. The molecule has 0 atom stereocenters. The van der Waals surface area contributed by atoms with E-state index in [1.54, 1.807) is 17.2 Å². The first kappa shape index (κ1) is 26.1. The van der Waals surface area contributed by atoms with Gasteiger partial charge in [-0.05, 0) is 56.9 Å². The number of carbonyl (C=O) groups excluding carboxylic acids is 1. The van der Waals surface area contributed by atoms with Crippen molar-refractivity contribution >= 4 is 51.7 Å². The van der Waals surface area contributed by atoms with Crippen molar-refractivity contribution in [3.05, 3.63) is 80.6 Å². The van der Waals surface area contributed by atoms with Crippen molar-refractivity contribution in [2.75, 3.05) is 25.0 Å².